The van der Waals surface area contributed by atoms with Crippen LogP contribution in [0.4, 0.5) is 11.4 Å². The summed E-state index contributed by atoms with van der Waals surface area (Å²) in [5.74, 6) is 0.541. The van der Waals surface area contributed by atoms with Crippen molar-refractivity contribution < 1.29 is 0 Å². The van der Waals surface area contributed by atoms with E-state index in [1.54, 1.807) is 0 Å². The van der Waals surface area contributed by atoms with Crippen LogP contribution >= 0.6 is 0 Å². The molecule has 310 valence electrons. The molecule has 0 amide bonds. The van der Waals surface area contributed by atoms with E-state index >= 15 is 0 Å². The lowest BCUT2D eigenvalue weighted by molar-refractivity contribution is 0.455. The van der Waals surface area contributed by atoms with Crippen molar-refractivity contribution in [3.05, 3.63) is 231 Å². The van der Waals surface area contributed by atoms with Crippen molar-refractivity contribution in [1.29, 1.82) is 0 Å². The molecule has 1 aliphatic rings. The lowest BCUT2D eigenvalue weighted by Crippen LogP contribution is -2.19. The first-order valence-corrected chi connectivity index (χ1v) is 22.8. The largest absolute Gasteiger partial charge is 0.377 e. The Bertz CT molecular complexity index is 2370. The number of rotatable bonds is 13. The second-order valence-electron chi connectivity index (χ2n) is 17.6. The molecule has 2 atom stereocenters. The number of nitrogens with zero attached hydrogens (tertiary/aromatic N) is 1. The summed E-state index contributed by atoms with van der Waals surface area (Å²) in [7, 11) is 0. The maximum atomic E-state index is 5.40. The van der Waals surface area contributed by atoms with Crippen LogP contribution in [0.3, 0.4) is 0 Å². The van der Waals surface area contributed by atoms with Gasteiger partial charge >= 0.3 is 0 Å². The van der Waals surface area contributed by atoms with Crippen LogP contribution in [0.2, 0.25) is 0 Å². The van der Waals surface area contributed by atoms with Crippen LogP contribution in [0.15, 0.2) is 164 Å². The Kier molecular flexibility index (Phi) is 13.5. The normalized spacial score (nSPS) is 14.6. The van der Waals surface area contributed by atoms with E-state index in [2.05, 4.69) is 209 Å². The van der Waals surface area contributed by atoms with Gasteiger partial charge in [-0.05, 0) is 116 Å². The van der Waals surface area contributed by atoms with E-state index in [4.69, 9.17) is 4.98 Å². The van der Waals surface area contributed by atoms with E-state index in [1.165, 1.54) is 112 Å². The zero-order chi connectivity index (χ0) is 42.1. The number of benzene rings is 6. The molecular weight excluding hydrogens is 739 g/mol. The molecule has 0 bridgehead atoms. The third-order valence-electron chi connectivity index (χ3n) is 13.0. The topological polar surface area (TPSA) is 37.0 Å². The molecule has 0 aliphatic heterocycles. The first-order chi connectivity index (χ1) is 29.8. The van der Waals surface area contributed by atoms with Gasteiger partial charge in [0, 0.05) is 23.2 Å². The van der Waals surface area contributed by atoms with Gasteiger partial charge in [0.05, 0.1) is 23.5 Å². The van der Waals surface area contributed by atoms with Crippen molar-refractivity contribution in [1.82, 2.24) is 4.98 Å². The summed E-state index contributed by atoms with van der Waals surface area (Å²) < 4.78 is 0. The minimum absolute atomic E-state index is 0.0149. The van der Waals surface area contributed by atoms with Gasteiger partial charge in [-0.2, -0.15) is 0 Å². The molecule has 7 aromatic rings. The van der Waals surface area contributed by atoms with Crippen LogP contribution in [-0.2, 0) is 0 Å². The summed E-state index contributed by atoms with van der Waals surface area (Å²) in [5.41, 5.74) is 17.7. The van der Waals surface area contributed by atoms with E-state index in [-0.39, 0.29) is 23.9 Å². The number of hydrogen-bond donors (Lipinski definition) is 2. The molecule has 0 spiro atoms. The number of aryl methyl sites for hydroxylation is 3. The average molecular weight is 802 g/mol. The molecule has 61 heavy (non-hydrogen) atoms. The van der Waals surface area contributed by atoms with Crippen LogP contribution in [0.25, 0.3) is 0 Å². The lowest BCUT2D eigenvalue weighted by atomic mass is 9.75. The molecule has 1 aromatic heterocycles. The molecule has 1 heterocycles. The predicted octanol–water partition coefficient (Wildman–Crippen LogP) is 15.5. The molecule has 1 fully saturated rings. The Morgan fingerprint density at radius 3 is 1.34 bits per heavy atom. The SMILES string of the molecule is Cc1cc(C)c(NC(C)c2cccc(C(C)Nc3c(C4CCCCCCC4)cc(C(c4ccccc4)c4ccccc4)cc3C(c3ccccc3)c3ccccc3)n2)c(C)c1. The molecule has 0 radical (unpaired) electrons. The standard InChI is InChI=1S/C58H63N3/c1-40-36-41(2)57(42(3)37-40)59-43(4)53-34-23-35-54(61-53)44(5)60-58-51(45-24-13-7-6-8-14-25-45)38-50(55(46-26-15-9-16-27-46)47-28-17-10-18-29-47)39-52(58)56(48-30-19-11-20-31-48)49-32-21-12-22-33-49/h9-12,15-23,26-39,43-45,55-56,59-60H,6-8,13-14,24-25H2,1-5H3. The van der Waals surface area contributed by atoms with Crippen molar-refractivity contribution in [3.63, 3.8) is 0 Å². The van der Waals surface area contributed by atoms with E-state index in [9.17, 15) is 0 Å². The highest BCUT2D eigenvalue weighted by molar-refractivity contribution is 5.68. The van der Waals surface area contributed by atoms with Gasteiger partial charge in [-0.25, -0.2) is 0 Å². The zero-order valence-corrected chi connectivity index (χ0v) is 36.9. The fourth-order valence-corrected chi connectivity index (χ4v) is 10.0. The van der Waals surface area contributed by atoms with E-state index < -0.39 is 0 Å². The number of aromatic nitrogens is 1. The van der Waals surface area contributed by atoms with Crippen molar-refractivity contribution in [2.45, 2.75) is 109 Å². The number of anilines is 2. The summed E-state index contributed by atoms with van der Waals surface area (Å²) in [6, 6.07) is 60.8. The molecule has 3 nitrogen and oxygen atoms in total. The minimum Gasteiger partial charge on any atom is -0.377 e. The Morgan fingerprint density at radius 2 is 0.869 bits per heavy atom. The molecule has 2 N–H and O–H groups in total. The van der Waals surface area contributed by atoms with Crippen molar-refractivity contribution in [3.8, 4) is 0 Å². The summed E-state index contributed by atoms with van der Waals surface area (Å²) >= 11 is 0. The fraction of sp³-hybridized carbons (Fsp3) is 0.293. The van der Waals surface area contributed by atoms with Gasteiger partial charge in [-0.15, -0.1) is 0 Å². The van der Waals surface area contributed by atoms with Gasteiger partial charge in [-0.1, -0.05) is 189 Å². The Hall–Kier alpha value is -5.93. The quantitative estimate of drug-likeness (QED) is 0.114. The second-order valence-corrected chi connectivity index (χ2v) is 17.6. The number of pyridine rings is 1. The van der Waals surface area contributed by atoms with Crippen LogP contribution < -0.4 is 10.6 Å². The van der Waals surface area contributed by atoms with Crippen LogP contribution in [0.1, 0.15) is 156 Å². The highest BCUT2D eigenvalue weighted by atomic mass is 15.0. The highest BCUT2D eigenvalue weighted by Crippen LogP contribution is 2.47. The summed E-state index contributed by atoms with van der Waals surface area (Å²) in [4.78, 5) is 5.40. The second kappa shape index (κ2) is 19.6. The first kappa shape index (κ1) is 41.8. The molecular formula is C58H63N3. The molecule has 1 aliphatic carbocycles. The Labute approximate surface area is 365 Å². The van der Waals surface area contributed by atoms with Gasteiger partial charge in [0.2, 0.25) is 0 Å². The van der Waals surface area contributed by atoms with Crippen molar-refractivity contribution in [2.24, 2.45) is 0 Å². The summed E-state index contributed by atoms with van der Waals surface area (Å²) in [6.45, 7) is 11.1. The molecule has 3 heteroatoms. The van der Waals surface area contributed by atoms with Gasteiger partial charge in [-0.3, -0.25) is 4.98 Å². The van der Waals surface area contributed by atoms with E-state index in [0.717, 1.165) is 11.4 Å². The third kappa shape index (κ3) is 9.84. The van der Waals surface area contributed by atoms with Gasteiger partial charge in [0.1, 0.15) is 0 Å². The predicted molar refractivity (Wildman–Crippen MR) is 258 cm³/mol. The molecule has 1 saturated carbocycles. The molecule has 8 rings (SSSR count). The van der Waals surface area contributed by atoms with Gasteiger partial charge in [0.25, 0.3) is 0 Å². The van der Waals surface area contributed by atoms with Crippen LogP contribution in [0.5, 0.6) is 0 Å². The number of nitrogens with one attached hydrogen (secondary N) is 2. The minimum atomic E-state index is -0.0434. The highest BCUT2D eigenvalue weighted by Gasteiger charge is 2.30. The smallest absolute Gasteiger partial charge is 0.0657 e. The van der Waals surface area contributed by atoms with Gasteiger partial charge < -0.3 is 10.6 Å². The lowest BCUT2D eigenvalue weighted by Gasteiger charge is -2.32. The maximum Gasteiger partial charge on any atom is 0.0657 e. The average Bonchev–Trinajstić information content (AvgIpc) is 3.27. The molecule has 0 saturated heterocycles. The molecule has 6 aromatic carbocycles. The summed E-state index contributed by atoms with van der Waals surface area (Å²) in [6.07, 6.45) is 8.87. The van der Waals surface area contributed by atoms with Crippen molar-refractivity contribution in [2.75, 3.05) is 10.6 Å². The Balaban J connectivity index is 1.31. The Morgan fingerprint density at radius 1 is 0.443 bits per heavy atom. The van der Waals surface area contributed by atoms with Crippen LogP contribution in [-0.4, -0.2) is 4.98 Å². The van der Waals surface area contributed by atoms with Crippen LogP contribution in [0, 0.1) is 20.8 Å². The van der Waals surface area contributed by atoms with Gasteiger partial charge in [0.15, 0.2) is 0 Å². The fourth-order valence-electron chi connectivity index (χ4n) is 10.0. The third-order valence-corrected chi connectivity index (χ3v) is 13.0. The van der Waals surface area contributed by atoms with E-state index in [0.29, 0.717) is 5.92 Å². The maximum absolute atomic E-state index is 5.40. The number of hydrogen-bond acceptors (Lipinski definition) is 3. The van der Waals surface area contributed by atoms with E-state index in [1.807, 2.05) is 0 Å². The summed E-state index contributed by atoms with van der Waals surface area (Å²) in [5, 5.41) is 8.07. The zero-order valence-electron chi connectivity index (χ0n) is 36.9. The monoisotopic (exact) mass is 802 g/mol. The molecule has 2 unspecified atom stereocenters. The first-order valence-electron chi connectivity index (χ1n) is 22.8. The van der Waals surface area contributed by atoms with Crippen molar-refractivity contribution >= 4 is 11.4 Å².